The zero-order chi connectivity index (χ0) is 26.4. The van der Waals surface area contributed by atoms with E-state index in [-0.39, 0.29) is 0 Å². The lowest BCUT2D eigenvalue weighted by molar-refractivity contribution is 0.0884. The minimum Gasteiger partial charge on any atom is -0.490 e. The van der Waals surface area contributed by atoms with E-state index in [1.807, 2.05) is 6.61 Å². The quantitative estimate of drug-likeness (QED) is 0.140. The van der Waals surface area contributed by atoms with Gasteiger partial charge in [-0.05, 0) is 44.1 Å². The van der Waals surface area contributed by atoms with Crippen LogP contribution in [0.15, 0.2) is 36.7 Å². The van der Waals surface area contributed by atoms with Crippen LogP contribution < -0.4 is 4.74 Å². The molecular formula is C33H53N2O2. The van der Waals surface area contributed by atoms with E-state index >= 15 is 0 Å². The van der Waals surface area contributed by atoms with Crippen molar-refractivity contribution in [3.05, 3.63) is 48.8 Å². The van der Waals surface area contributed by atoms with Gasteiger partial charge in [0.05, 0.1) is 31.7 Å². The highest BCUT2D eigenvalue weighted by Crippen LogP contribution is 2.19. The van der Waals surface area contributed by atoms with Crippen LogP contribution in [0.4, 0.5) is 0 Å². The van der Waals surface area contributed by atoms with Crippen molar-refractivity contribution < 1.29 is 9.47 Å². The molecule has 0 aliphatic heterocycles. The Labute approximate surface area is 228 Å². The highest BCUT2D eigenvalue weighted by molar-refractivity contribution is 5.55. The Morgan fingerprint density at radius 3 is 2.05 bits per heavy atom. The van der Waals surface area contributed by atoms with Crippen molar-refractivity contribution in [2.45, 2.75) is 136 Å². The number of nitrogens with zero attached hydrogens (tertiary/aromatic N) is 2. The molecule has 1 aromatic heterocycles. The molecule has 1 heterocycles. The minimum atomic E-state index is 0.411. The van der Waals surface area contributed by atoms with Gasteiger partial charge in [0.15, 0.2) is 11.6 Å². The molecule has 0 N–H and O–H groups in total. The second kappa shape index (κ2) is 21.0. The van der Waals surface area contributed by atoms with Gasteiger partial charge in [0.1, 0.15) is 0 Å². The summed E-state index contributed by atoms with van der Waals surface area (Å²) in [7, 11) is 0. The number of rotatable bonds is 23. The molecule has 1 radical (unpaired) electrons. The number of hydrogen-bond acceptors (Lipinski definition) is 4. The van der Waals surface area contributed by atoms with Crippen molar-refractivity contribution in [1.82, 2.24) is 9.97 Å². The third-order valence-corrected chi connectivity index (χ3v) is 7.00. The largest absolute Gasteiger partial charge is 0.490 e. The molecule has 37 heavy (non-hydrogen) atoms. The van der Waals surface area contributed by atoms with Crippen molar-refractivity contribution in [3.8, 4) is 17.1 Å². The summed E-state index contributed by atoms with van der Waals surface area (Å²) in [6.45, 7) is 9.48. The highest BCUT2D eigenvalue weighted by atomic mass is 16.5. The summed E-state index contributed by atoms with van der Waals surface area (Å²) in [4.78, 5) is 9.05. The van der Waals surface area contributed by atoms with Gasteiger partial charge in [-0.3, -0.25) is 0 Å². The van der Waals surface area contributed by atoms with Crippen molar-refractivity contribution in [2.24, 2.45) is 0 Å². The van der Waals surface area contributed by atoms with E-state index < -0.39 is 0 Å². The molecule has 1 unspecified atom stereocenters. The second-order valence-electron chi connectivity index (χ2n) is 10.3. The Morgan fingerprint density at radius 1 is 0.730 bits per heavy atom. The lowest BCUT2D eigenvalue weighted by Gasteiger charge is -2.14. The van der Waals surface area contributed by atoms with Crippen molar-refractivity contribution >= 4 is 0 Å². The van der Waals surface area contributed by atoms with E-state index in [1.165, 1.54) is 82.6 Å². The van der Waals surface area contributed by atoms with Crippen LogP contribution in [-0.2, 0) is 11.2 Å². The lowest BCUT2D eigenvalue weighted by Crippen LogP contribution is -2.09. The first-order valence-corrected chi connectivity index (χ1v) is 15.3. The fourth-order valence-electron chi connectivity index (χ4n) is 4.59. The van der Waals surface area contributed by atoms with Gasteiger partial charge in [0.2, 0.25) is 0 Å². The summed E-state index contributed by atoms with van der Waals surface area (Å²) in [6, 6.07) is 8.70. The molecule has 0 fully saturated rings. The van der Waals surface area contributed by atoms with Crippen LogP contribution in [0.25, 0.3) is 11.4 Å². The molecule has 0 aliphatic rings. The van der Waals surface area contributed by atoms with Crippen LogP contribution in [0, 0.1) is 6.61 Å². The summed E-state index contributed by atoms with van der Waals surface area (Å²) in [5, 5.41) is 0. The maximum absolute atomic E-state index is 5.86. The summed E-state index contributed by atoms with van der Waals surface area (Å²) in [6.07, 6.45) is 25.1. The number of aromatic nitrogens is 2. The van der Waals surface area contributed by atoms with Crippen LogP contribution in [-0.4, -0.2) is 22.7 Å². The number of aryl methyl sites for hydroxylation is 1. The highest BCUT2D eigenvalue weighted by Gasteiger charge is 2.05. The van der Waals surface area contributed by atoms with E-state index in [0.717, 1.165) is 55.8 Å². The Kier molecular flexibility index (Phi) is 17.8. The Hall–Kier alpha value is -1.94. The Morgan fingerprint density at radius 2 is 1.38 bits per heavy atom. The topological polar surface area (TPSA) is 44.2 Å². The third-order valence-electron chi connectivity index (χ3n) is 7.00. The number of unbranched alkanes of at least 4 members (excludes halogenated alkanes) is 11. The lowest BCUT2D eigenvalue weighted by atomic mass is 10.0. The number of hydrogen-bond donors (Lipinski definition) is 0. The summed E-state index contributed by atoms with van der Waals surface area (Å²) in [5.74, 6) is 1.52. The van der Waals surface area contributed by atoms with Gasteiger partial charge in [0.25, 0.3) is 0 Å². The van der Waals surface area contributed by atoms with Crippen molar-refractivity contribution in [1.29, 1.82) is 0 Å². The summed E-state index contributed by atoms with van der Waals surface area (Å²) >= 11 is 0. The van der Waals surface area contributed by atoms with Crippen LogP contribution in [0.5, 0.6) is 5.75 Å². The van der Waals surface area contributed by atoms with E-state index in [9.17, 15) is 0 Å². The van der Waals surface area contributed by atoms with Gasteiger partial charge < -0.3 is 9.47 Å². The third kappa shape index (κ3) is 14.5. The molecule has 4 nitrogen and oxygen atoms in total. The van der Waals surface area contributed by atoms with E-state index in [1.54, 1.807) is 12.4 Å². The smallest absolute Gasteiger partial charge is 0.159 e. The van der Waals surface area contributed by atoms with E-state index in [4.69, 9.17) is 9.47 Å². The maximum Gasteiger partial charge on any atom is 0.159 e. The molecule has 2 rings (SSSR count). The van der Waals surface area contributed by atoms with Gasteiger partial charge in [-0.2, -0.15) is 0 Å². The predicted octanol–water partition coefficient (Wildman–Crippen LogP) is 9.91. The molecule has 0 saturated heterocycles. The van der Waals surface area contributed by atoms with Gasteiger partial charge in [-0.15, -0.1) is 0 Å². The van der Waals surface area contributed by atoms with E-state index in [0.29, 0.717) is 6.10 Å². The van der Waals surface area contributed by atoms with Gasteiger partial charge in [0, 0.05) is 5.56 Å². The fraction of sp³-hybridized carbons (Fsp3) is 0.667. The van der Waals surface area contributed by atoms with Crippen LogP contribution in [0.2, 0.25) is 0 Å². The number of benzene rings is 1. The predicted molar refractivity (Wildman–Crippen MR) is 157 cm³/mol. The Bertz CT molecular complexity index is 776. The Balaban J connectivity index is 1.55. The molecule has 207 valence electrons. The first-order valence-electron chi connectivity index (χ1n) is 15.3. The molecule has 4 heteroatoms. The molecule has 0 aliphatic carbocycles. The first-order chi connectivity index (χ1) is 18.3. The van der Waals surface area contributed by atoms with E-state index in [2.05, 4.69) is 55.0 Å². The molecule has 2 aromatic rings. The maximum atomic E-state index is 5.86. The molecule has 1 atom stereocenters. The normalized spacial score (nSPS) is 12.1. The zero-order valence-electron chi connectivity index (χ0n) is 24.1. The van der Waals surface area contributed by atoms with Crippen LogP contribution >= 0.6 is 0 Å². The molecule has 1 aromatic carbocycles. The SMILES string of the molecule is CCCCCCCCCCOc1cnc(-c2ccc(CCCCCC[CH]OC(CC)CCC)cc2)nc1. The zero-order valence-corrected chi connectivity index (χ0v) is 24.1. The summed E-state index contributed by atoms with van der Waals surface area (Å²) in [5.41, 5.74) is 2.44. The van der Waals surface area contributed by atoms with Crippen molar-refractivity contribution in [2.75, 3.05) is 6.61 Å². The first kappa shape index (κ1) is 31.3. The van der Waals surface area contributed by atoms with Crippen LogP contribution in [0.3, 0.4) is 0 Å². The van der Waals surface area contributed by atoms with Gasteiger partial charge >= 0.3 is 0 Å². The average molecular weight is 510 g/mol. The summed E-state index contributed by atoms with van der Waals surface area (Å²) < 4.78 is 11.7. The average Bonchev–Trinajstić information content (AvgIpc) is 2.93. The van der Waals surface area contributed by atoms with Crippen LogP contribution in [0.1, 0.15) is 129 Å². The molecule has 0 spiro atoms. The minimum absolute atomic E-state index is 0.411. The molecular weight excluding hydrogens is 456 g/mol. The molecule has 0 saturated carbocycles. The van der Waals surface area contributed by atoms with Gasteiger partial charge in [-0.1, -0.05) is 116 Å². The number of ether oxygens (including phenoxy) is 2. The van der Waals surface area contributed by atoms with Crippen molar-refractivity contribution in [3.63, 3.8) is 0 Å². The molecule has 0 amide bonds. The fourth-order valence-corrected chi connectivity index (χ4v) is 4.59. The van der Waals surface area contributed by atoms with Gasteiger partial charge in [-0.25, -0.2) is 9.97 Å². The second-order valence-corrected chi connectivity index (χ2v) is 10.3. The molecule has 0 bridgehead atoms. The monoisotopic (exact) mass is 509 g/mol. The standard InChI is InChI=1S/C33H53N2O2/c1-4-7-8-9-10-11-14-18-26-37-32-27-34-33(35-28-32)30-23-21-29(22-24-30)20-16-13-12-15-17-25-36-31(6-3)19-5-2/h21-25,27-28,31H,4-20,26H2,1-3H3.